The van der Waals surface area contributed by atoms with Crippen molar-refractivity contribution in [2.45, 2.75) is 6.04 Å². The number of nitrogen functional groups attached to an aromatic ring is 1. The van der Waals surface area contributed by atoms with Gasteiger partial charge in [-0.1, -0.05) is 6.07 Å². The zero-order valence-electron chi connectivity index (χ0n) is 10.0. The van der Waals surface area contributed by atoms with E-state index in [2.05, 4.69) is 0 Å². The first-order valence-electron chi connectivity index (χ1n) is 5.78. The Morgan fingerprint density at radius 2 is 2.33 bits per heavy atom. The molecule has 0 spiro atoms. The molecule has 1 aliphatic rings. The van der Waals surface area contributed by atoms with Gasteiger partial charge >= 0.3 is 0 Å². The van der Waals surface area contributed by atoms with Gasteiger partial charge in [-0.25, -0.2) is 0 Å². The second-order valence-corrected chi connectivity index (χ2v) is 4.21. The molecule has 0 aliphatic carbocycles. The molecule has 1 atom stereocenters. The van der Waals surface area contributed by atoms with Crippen molar-refractivity contribution in [1.29, 1.82) is 0 Å². The van der Waals surface area contributed by atoms with E-state index in [9.17, 15) is 9.90 Å². The number of rotatable bonds is 3. The van der Waals surface area contributed by atoms with Crippen LogP contribution in [-0.4, -0.2) is 43.4 Å². The number of carbonyl (C=O) groups excluding carboxylic acids is 1. The third kappa shape index (κ3) is 2.25. The number of aliphatic hydroxyl groups is 1. The number of hydrogen-bond donors (Lipinski definition) is 3. The maximum Gasteiger partial charge on any atom is 0.250 e. The van der Waals surface area contributed by atoms with Gasteiger partial charge in [0.1, 0.15) is 0 Å². The number of primary amides is 1. The molecule has 0 saturated carbocycles. The zero-order chi connectivity index (χ0) is 13.1. The smallest absolute Gasteiger partial charge is 0.250 e. The molecular weight excluding hydrogens is 234 g/mol. The maximum atomic E-state index is 11.3. The molecule has 1 aliphatic heterocycles. The normalized spacial score (nSPS) is 19.8. The van der Waals surface area contributed by atoms with E-state index in [-0.39, 0.29) is 12.6 Å². The van der Waals surface area contributed by atoms with Gasteiger partial charge in [-0.2, -0.15) is 0 Å². The summed E-state index contributed by atoms with van der Waals surface area (Å²) in [5, 5.41) is 9.34. The maximum absolute atomic E-state index is 11.3. The van der Waals surface area contributed by atoms with E-state index < -0.39 is 5.91 Å². The number of ether oxygens (including phenoxy) is 1. The van der Waals surface area contributed by atoms with Gasteiger partial charge in [0.25, 0.3) is 5.91 Å². The van der Waals surface area contributed by atoms with Crippen LogP contribution in [0, 0.1) is 0 Å². The molecule has 2 rings (SSSR count). The fraction of sp³-hybridized carbons (Fsp3) is 0.417. The summed E-state index contributed by atoms with van der Waals surface area (Å²) in [5.74, 6) is -0.553. The van der Waals surface area contributed by atoms with E-state index in [0.29, 0.717) is 36.7 Å². The highest BCUT2D eigenvalue weighted by Gasteiger charge is 2.25. The molecule has 0 aromatic heterocycles. The highest BCUT2D eigenvalue weighted by atomic mass is 16.5. The van der Waals surface area contributed by atoms with Gasteiger partial charge in [0.2, 0.25) is 0 Å². The predicted octanol–water partition coefficient (Wildman–Crippen LogP) is -0.435. The first-order chi connectivity index (χ1) is 8.65. The molecule has 6 nitrogen and oxygen atoms in total. The van der Waals surface area contributed by atoms with E-state index in [0.717, 1.165) is 0 Å². The third-order valence-electron chi connectivity index (χ3n) is 3.10. The summed E-state index contributed by atoms with van der Waals surface area (Å²) < 4.78 is 5.31. The van der Waals surface area contributed by atoms with Crippen LogP contribution in [0.15, 0.2) is 18.2 Å². The van der Waals surface area contributed by atoms with Crippen molar-refractivity contribution in [3.8, 4) is 0 Å². The van der Waals surface area contributed by atoms with Crippen LogP contribution >= 0.6 is 0 Å². The van der Waals surface area contributed by atoms with Gasteiger partial charge in [-0.3, -0.25) is 4.79 Å². The average molecular weight is 251 g/mol. The second-order valence-electron chi connectivity index (χ2n) is 4.21. The number of morpholine rings is 1. The zero-order valence-corrected chi connectivity index (χ0v) is 10.0. The van der Waals surface area contributed by atoms with Crippen molar-refractivity contribution in [3.63, 3.8) is 0 Å². The molecule has 5 N–H and O–H groups in total. The van der Waals surface area contributed by atoms with Crippen molar-refractivity contribution in [1.82, 2.24) is 0 Å². The van der Waals surface area contributed by atoms with Crippen LogP contribution in [0.5, 0.6) is 0 Å². The first kappa shape index (κ1) is 12.7. The molecule has 98 valence electrons. The minimum atomic E-state index is -0.553. The number of carbonyl (C=O) groups is 1. The molecule has 6 heteroatoms. The third-order valence-corrected chi connectivity index (χ3v) is 3.10. The van der Waals surface area contributed by atoms with Crippen molar-refractivity contribution >= 4 is 17.3 Å². The molecular formula is C12H17N3O3. The number of anilines is 2. The molecule has 1 aromatic rings. The quantitative estimate of drug-likeness (QED) is 0.632. The summed E-state index contributed by atoms with van der Waals surface area (Å²) in [6.45, 7) is 1.60. The number of para-hydroxylation sites is 1. The lowest BCUT2D eigenvalue weighted by molar-refractivity contribution is 0.0728. The Hall–Kier alpha value is -1.79. The Bertz CT molecular complexity index is 450. The fourth-order valence-corrected chi connectivity index (χ4v) is 2.14. The van der Waals surface area contributed by atoms with Gasteiger partial charge in [-0.05, 0) is 12.1 Å². The molecule has 1 aromatic carbocycles. The van der Waals surface area contributed by atoms with Crippen LogP contribution in [0.4, 0.5) is 11.4 Å². The number of aliphatic hydroxyl groups excluding tert-OH is 1. The van der Waals surface area contributed by atoms with Crippen LogP contribution in [0.25, 0.3) is 0 Å². The van der Waals surface area contributed by atoms with Gasteiger partial charge in [0, 0.05) is 6.54 Å². The summed E-state index contributed by atoms with van der Waals surface area (Å²) >= 11 is 0. The predicted molar refractivity (Wildman–Crippen MR) is 68.4 cm³/mol. The lowest BCUT2D eigenvalue weighted by atomic mass is 10.1. The Kier molecular flexibility index (Phi) is 3.69. The molecule has 0 radical (unpaired) electrons. The molecule has 18 heavy (non-hydrogen) atoms. The molecule has 1 unspecified atom stereocenters. The summed E-state index contributed by atoms with van der Waals surface area (Å²) in [6.07, 6.45) is 0. The molecule has 1 saturated heterocycles. The van der Waals surface area contributed by atoms with Crippen LogP contribution in [0.2, 0.25) is 0 Å². The largest absolute Gasteiger partial charge is 0.396 e. The topological polar surface area (TPSA) is 102 Å². The first-order valence-corrected chi connectivity index (χ1v) is 5.78. The van der Waals surface area contributed by atoms with E-state index in [1.54, 1.807) is 12.1 Å². The van der Waals surface area contributed by atoms with Gasteiger partial charge in [-0.15, -0.1) is 0 Å². The average Bonchev–Trinajstić information content (AvgIpc) is 2.38. The van der Waals surface area contributed by atoms with Crippen LogP contribution in [0.3, 0.4) is 0 Å². The summed E-state index contributed by atoms with van der Waals surface area (Å²) in [4.78, 5) is 13.2. The molecule has 1 amide bonds. The number of amides is 1. The highest BCUT2D eigenvalue weighted by Crippen LogP contribution is 2.29. The Morgan fingerprint density at radius 1 is 1.56 bits per heavy atom. The van der Waals surface area contributed by atoms with Crippen LogP contribution < -0.4 is 16.4 Å². The summed E-state index contributed by atoms with van der Waals surface area (Å²) in [6, 6.07) is 4.99. The van der Waals surface area contributed by atoms with Crippen molar-refractivity contribution < 1.29 is 14.6 Å². The van der Waals surface area contributed by atoms with Crippen molar-refractivity contribution in [3.05, 3.63) is 23.8 Å². The second kappa shape index (κ2) is 5.24. The highest BCUT2D eigenvalue weighted by molar-refractivity contribution is 6.00. The summed E-state index contributed by atoms with van der Waals surface area (Å²) in [7, 11) is 0. The Labute approximate surface area is 105 Å². The number of hydrogen-bond acceptors (Lipinski definition) is 5. The fourth-order valence-electron chi connectivity index (χ4n) is 2.14. The van der Waals surface area contributed by atoms with Crippen molar-refractivity contribution in [2.24, 2.45) is 5.73 Å². The number of nitrogens with zero attached hydrogens (tertiary/aromatic N) is 1. The van der Waals surface area contributed by atoms with Crippen LogP contribution in [-0.2, 0) is 4.74 Å². The van der Waals surface area contributed by atoms with E-state index in [1.165, 1.54) is 0 Å². The number of benzene rings is 1. The summed E-state index contributed by atoms with van der Waals surface area (Å²) in [5.41, 5.74) is 12.6. The van der Waals surface area contributed by atoms with E-state index >= 15 is 0 Å². The van der Waals surface area contributed by atoms with Gasteiger partial charge in [0.05, 0.1) is 42.8 Å². The SMILES string of the molecule is NC(=O)c1cccc(N2CCOCC2CO)c1N. The van der Waals surface area contributed by atoms with Crippen molar-refractivity contribution in [2.75, 3.05) is 37.0 Å². The minimum absolute atomic E-state index is 0.0275. The lowest BCUT2D eigenvalue weighted by Crippen LogP contribution is -2.48. The standard InChI is InChI=1S/C12H17N3O3/c13-11-9(12(14)17)2-1-3-10(11)15-4-5-18-7-8(15)6-16/h1-3,8,16H,4-7,13H2,(H2,14,17). The number of nitrogens with two attached hydrogens (primary N) is 2. The Balaban J connectivity index is 2.37. The monoisotopic (exact) mass is 251 g/mol. The van der Waals surface area contributed by atoms with Crippen LogP contribution in [0.1, 0.15) is 10.4 Å². The van der Waals surface area contributed by atoms with Gasteiger partial charge in [0.15, 0.2) is 0 Å². The molecule has 1 fully saturated rings. The molecule has 0 bridgehead atoms. The van der Waals surface area contributed by atoms with E-state index in [1.807, 2.05) is 11.0 Å². The molecule has 1 heterocycles. The lowest BCUT2D eigenvalue weighted by Gasteiger charge is -2.37. The van der Waals surface area contributed by atoms with Gasteiger partial charge < -0.3 is 26.2 Å². The minimum Gasteiger partial charge on any atom is -0.396 e. The Morgan fingerprint density at radius 3 is 3.00 bits per heavy atom. The van der Waals surface area contributed by atoms with E-state index in [4.69, 9.17) is 16.2 Å².